The Bertz CT molecular complexity index is 389. The van der Waals surface area contributed by atoms with Crippen molar-refractivity contribution in [2.45, 2.75) is 38.3 Å². The molecular formula is C13H21N3O4. The van der Waals surface area contributed by atoms with Gasteiger partial charge in [-0.15, -0.1) is 6.58 Å². The number of hydrogen-bond acceptors (Lipinski definition) is 3. The molecule has 1 unspecified atom stereocenters. The highest BCUT2D eigenvalue weighted by Crippen LogP contribution is 2.10. The molecule has 3 amide bonds. The van der Waals surface area contributed by atoms with Crippen molar-refractivity contribution < 1.29 is 19.5 Å². The van der Waals surface area contributed by atoms with E-state index in [4.69, 9.17) is 5.11 Å². The Balaban J connectivity index is 2.43. The lowest BCUT2D eigenvalue weighted by Gasteiger charge is -2.32. The van der Waals surface area contributed by atoms with E-state index < -0.39 is 12.0 Å². The number of carboxylic acid groups (broad SMARTS) is 1. The van der Waals surface area contributed by atoms with Gasteiger partial charge in [0, 0.05) is 26.1 Å². The van der Waals surface area contributed by atoms with E-state index in [-0.39, 0.29) is 24.4 Å². The molecule has 0 aromatic heterocycles. The average Bonchev–Trinajstić information content (AvgIpc) is 2.38. The quantitative estimate of drug-likeness (QED) is 0.633. The minimum Gasteiger partial charge on any atom is -0.480 e. The summed E-state index contributed by atoms with van der Waals surface area (Å²) >= 11 is 0. The molecule has 3 N–H and O–H groups in total. The molecule has 20 heavy (non-hydrogen) atoms. The maximum absolute atomic E-state index is 11.9. The first-order valence-electron chi connectivity index (χ1n) is 6.60. The third kappa shape index (κ3) is 4.91. The largest absolute Gasteiger partial charge is 0.480 e. The standard InChI is InChI=1S/C13H21N3O4/c1-3-4-11(12(18)19)15-13(20)16-7-5-10(6-8-16)14-9(2)17/h3,10-11H,1,4-8H2,2H3,(H,14,17)(H,15,20)(H,18,19). The fourth-order valence-corrected chi connectivity index (χ4v) is 2.14. The normalized spacial score (nSPS) is 17.1. The van der Waals surface area contributed by atoms with Crippen LogP contribution in [0.2, 0.25) is 0 Å². The molecule has 1 fully saturated rings. The predicted octanol–water partition coefficient (Wildman–Crippen LogP) is 0.326. The third-order valence-corrected chi connectivity index (χ3v) is 3.19. The van der Waals surface area contributed by atoms with E-state index in [9.17, 15) is 14.4 Å². The van der Waals surface area contributed by atoms with E-state index in [0.717, 1.165) is 0 Å². The summed E-state index contributed by atoms with van der Waals surface area (Å²) in [5.41, 5.74) is 0. The SMILES string of the molecule is C=CCC(NC(=O)N1CCC(NC(C)=O)CC1)C(=O)O. The fraction of sp³-hybridized carbons (Fsp3) is 0.615. The van der Waals surface area contributed by atoms with Crippen molar-refractivity contribution in [3.05, 3.63) is 12.7 Å². The first-order valence-corrected chi connectivity index (χ1v) is 6.60. The van der Waals surface area contributed by atoms with E-state index in [1.165, 1.54) is 13.0 Å². The van der Waals surface area contributed by atoms with Crippen LogP contribution in [0.3, 0.4) is 0 Å². The van der Waals surface area contributed by atoms with Crippen LogP contribution in [0.4, 0.5) is 4.79 Å². The molecule has 1 atom stereocenters. The molecule has 0 radical (unpaired) electrons. The highest BCUT2D eigenvalue weighted by Gasteiger charge is 2.26. The van der Waals surface area contributed by atoms with Crippen LogP contribution in [0.5, 0.6) is 0 Å². The van der Waals surface area contributed by atoms with Gasteiger partial charge in [-0.2, -0.15) is 0 Å². The summed E-state index contributed by atoms with van der Waals surface area (Å²) in [6.45, 7) is 5.93. The predicted molar refractivity (Wildman–Crippen MR) is 73.2 cm³/mol. The number of amides is 3. The molecule has 7 nitrogen and oxygen atoms in total. The van der Waals surface area contributed by atoms with Gasteiger partial charge in [0.15, 0.2) is 0 Å². The summed E-state index contributed by atoms with van der Waals surface area (Å²) in [6, 6.07) is -1.26. The molecule has 0 aliphatic carbocycles. The molecule has 0 aromatic carbocycles. The Morgan fingerprint density at radius 1 is 1.40 bits per heavy atom. The number of aliphatic carboxylic acids is 1. The van der Waals surface area contributed by atoms with Crippen LogP contribution in [0, 0.1) is 0 Å². The van der Waals surface area contributed by atoms with Crippen LogP contribution in [0.15, 0.2) is 12.7 Å². The number of carboxylic acids is 1. The van der Waals surface area contributed by atoms with Crippen molar-refractivity contribution in [3.63, 3.8) is 0 Å². The highest BCUT2D eigenvalue weighted by molar-refractivity contribution is 5.82. The second-order valence-electron chi connectivity index (χ2n) is 4.83. The van der Waals surface area contributed by atoms with E-state index in [2.05, 4.69) is 17.2 Å². The van der Waals surface area contributed by atoms with Gasteiger partial charge in [-0.05, 0) is 19.3 Å². The molecule has 1 heterocycles. The van der Waals surface area contributed by atoms with Crippen molar-refractivity contribution in [2.75, 3.05) is 13.1 Å². The Kier molecular flexibility index (Phi) is 6.02. The topological polar surface area (TPSA) is 98.7 Å². The van der Waals surface area contributed by atoms with Gasteiger partial charge in [0.25, 0.3) is 0 Å². The zero-order valence-electron chi connectivity index (χ0n) is 11.6. The number of nitrogens with one attached hydrogen (secondary N) is 2. The lowest BCUT2D eigenvalue weighted by Crippen LogP contribution is -2.52. The molecule has 0 bridgehead atoms. The van der Waals surface area contributed by atoms with Crippen LogP contribution in [0.1, 0.15) is 26.2 Å². The number of carbonyl (C=O) groups is 3. The molecule has 0 aromatic rings. The number of rotatable bonds is 5. The van der Waals surface area contributed by atoms with Crippen LogP contribution in [-0.2, 0) is 9.59 Å². The monoisotopic (exact) mass is 283 g/mol. The molecule has 0 spiro atoms. The second-order valence-corrected chi connectivity index (χ2v) is 4.83. The van der Waals surface area contributed by atoms with E-state index in [0.29, 0.717) is 25.9 Å². The number of carbonyl (C=O) groups excluding carboxylic acids is 2. The Hall–Kier alpha value is -2.05. The molecule has 1 aliphatic heterocycles. The maximum Gasteiger partial charge on any atom is 0.326 e. The number of piperidine rings is 1. The molecule has 1 aliphatic rings. The molecule has 112 valence electrons. The van der Waals surface area contributed by atoms with Gasteiger partial charge in [0.05, 0.1) is 0 Å². The Labute approximate surface area is 118 Å². The highest BCUT2D eigenvalue weighted by atomic mass is 16.4. The first kappa shape index (κ1) is 16.0. The van der Waals surface area contributed by atoms with Crippen LogP contribution in [0.25, 0.3) is 0 Å². The Morgan fingerprint density at radius 2 is 2.00 bits per heavy atom. The fourth-order valence-electron chi connectivity index (χ4n) is 2.14. The molecule has 1 saturated heterocycles. The van der Waals surface area contributed by atoms with Crippen molar-refractivity contribution in [2.24, 2.45) is 0 Å². The van der Waals surface area contributed by atoms with Gasteiger partial charge in [0.2, 0.25) is 5.91 Å². The zero-order chi connectivity index (χ0) is 15.1. The van der Waals surface area contributed by atoms with Crippen molar-refractivity contribution in [3.8, 4) is 0 Å². The van der Waals surface area contributed by atoms with E-state index in [1.807, 2.05) is 0 Å². The Morgan fingerprint density at radius 3 is 2.45 bits per heavy atom. The summed E-state index contributed by atoms with van der Waals surface area (Å²) in [7, 11) is 0. The van der Waals surface area contributed by atoms with Gasteiger partial charge in [-0.3, -0.25) is 4.79 Å². The van der Waals surface area contributed by atoms with Crippen LogP contribution < -0.4 is 10.6 Å². The smallest absolute Gasteiger partial charge is 0.326 e. The van der Waals surface area contributed by atoms with Crippen molar-refractivity contribution in [1.29, 1.82) is 0 Å². The van der Waals surface area contributed by atoms with Crippen molar-refractivity contribution >= 4 is 17.9 Å². The summed E-state index contributed by atoms with van der Waals surface area (Å²) in [4.78, 5) is 35.4. The molecular weight excluding hydrogens is 262 g/mol. The third-order valence-electron chi connectivity index (χ3n) is 3.19. The summed E-state index contributed by atoms with van der Waals surface area (Å²) < 4.78 is 0. The van der Waals surface area contributed by atoms with Gasteiger partial charge >= 0.3 is 12.0 Å². The minimum absolute atomic E-state index is 0.0789. The average molecular weight is 283 g/mol. The van der Waals surface area contributed by atoms with Gasteiger partial charge in [-0.1, -0.05) is 6.08 Å². The van der Waals surface area contributed by atoms with Gasteiger partial charge in [-0.25, -0.2) is 9.59 Å². The van der Waals surface area contributed by atoms with Crippen LogP contribution in [-0.4, -0.2) is 53.1 Å². The maximum atomic E-state index is 11.9. The first-order chi connectivity index (χ1) is 9.43. The zero-order valence-corrected chi connectivity index (χ0v) is 11.6. The lowest BCUT2D eigenvalue weighted by atomic mass is 10.1. The number of nitrogens with zero attached hydrogens (tertiary/aromatic N) is 1. The minimum atomic E-state index is -1.08. The number of likely N-dealkylation sites (tertiary alicyclic amines) is 1. The second kappa shape index (κ2) is 7.52. The van der Waals surface area contributed by atoms with Gasteiger partial charge < -0.3 is 20.6 Å². The van der Waals surface area contributed by atoms with Crippen LogP contribution >= 0.6 is 0 Å². The van der Waals surface area contributed by atoms with E-state index >= 15 is 0 Å². The summed E-state index contributed by atoms with van der Waals surface area (Å²) in [6.07, 6.45) is 2.99. The molecule has 1 rings (SSSR count). The number of hydrogen-bond donors (Lipinski definition) is 3. The lowest BCUT2D eigenvalue weighted by molar-refractivity contribution is -0.139. The number of urea groups is 1. The van der Waals surface area contributed by atoms with E-state index in [1.54, 1.807) is 4.90 Å². The molecule has 7 heteroatoms. The summed E-state index contributed by atoms with van der Waals surface area (Å²) in [5, 5.41) is 14.3. The van der Waals surface area contributed by atoms with Crippen molar-refractivity contribution in [1.82, 2.24) is 15.5 Å². The summed E-state index contributed by atoms with van der Waals surface area (Å²) in [5.74, 6) is -1.16. The van der Waals surface area contributed by atoms with Gasteiger partial charge in [0.1, 0.15) is 6.04 Å². The molecule has 0 saturated carbocycles.